The van der Waals surface area contributed by atoms with Crippen molar-refractivity contribution >= 4 is 11.8 Å². The fraction of sp³-hybridized carbons (Fsp3) is 0.429. The molecule has 0 saturated carbocycles. The van der Waals surface area contributed by atoms with E-state index in [0.717, 1.165) is 0 Å². The van der Waals surface area contributed by atoms with Gasteiger partial charge in [-0.25, -0.2) is 9.18 Å². The molecule has 0 aromatic carbocycles. The van der Waals surface area contributed by atoms with E-state index in [4.69, 9.17) is 5.73 Å². The third-order valence-corrected chi connectivity index (χ3v) is 1.42. The van der Waals surface area contributed by atoms with Gasteiger partial charge in [-0.05, 0) is 0 Å². The molecule has 72 valence electrons. The Morgan fingerprint density at radius 2 is 2.54 bits per heavy atom. The first-order valence-electron chi connectivity index (χ1n) is 3.67. The molecule has 1 rings (SSSR count). The first-order chi connectivity index (χ1) is 6.15. The van der Waals surface area contributed by atoms with E-state index < -0.39 is 12.6 Å². The summed E-state index contributed by atoms with van der Waals surface area (Å²) < 4.78 is 17.5. The van der Waals surface area contributed by atoms with Crippen LogP contribution >= 0.6 is 0 Å². The van der Waals surface area contributed by atoms with E-state index in [-0.39, 0.29) is 18.1 Å². The highest BCUT2D eigenvalue weighted by Gasteiger charge is 2.12. The lowest BCUT2D eigenvalue weighted by molar-refractivity contribution is 0.0468. The minimum absolute atomic E-state index is 0.214. The van der Waals surface area contributed by atoms with Crippen molar-refractivity contribution in [3.8, 4) is 0 Å². The second-order valence-electron chi connectivity index (χ2n) is 2.40. The maximum atomic E-state index is 11.7. The zero-order valence-electron chi connectivity index (χ0n) is 7.16. The molecule has 6 heteroatoms. The summed E-state index contributed by atoms with van der Waals surface area (Å²) in [4.78, 5) is 11.1. The summed E-state index contributed by atoms with van der Waals surface area (Å²) in [5.74, 6) is -0.390. The number of carbonyl (C=O) groups excluding carboxylic acids is 1. The van der Waals surface area contributed by atoms with E-state index >= 15 is 0 Å². The predicted molar refractivity (Wildman–Crippen MR) is 43.9 cm³/mol. The molecule has 0 fully saturated rings. The lowest BCUT2D eigenvalue weighted by atomic mass is 10.4. The van der Waals surface area contributed by atoms with Crippen LogP contribution in [0.25, 0.3) is 0 Å². The first-order valence-corrected chi connectivity index (χ1v) is 3.67. The number of esters is 1. The van der Waals surface area contributed by atoms with Crippen molar-refractivity contribution < 1.29 is 13.9 Å². The molecule has 5 nitrogen and oxygen atoms in total. The Bertz CT molecular complexity index is 311. The standard InChI is InChI=1S/C7H10FN3O2/c1-11-5(4-6(9)10-11)7(12)13-3-2-8/h4H,2-3H2,1H3,(H2,9,10). The molecular weight excluding hydrogens is 177 g/mol. The maximum Gasteiger partial charge on any atom is 0.356 e. The number of nitrogens with zero attached hydrogens (tertiary/aromatic N) is 2. The summed E-state index contributed by atoms with van der Waals surface area (Å²) in [6.45, 7) is -0.941. The van der Waals surface area contributed by atoms with Gasteiger partial charge in [0.1, 0.15) is 24.8 Å². The van der Waals surface area contributed by atoms with Crippen molar-refractivity contribution in [3.05, 3.63) is 11.8 Å². The normalized spacial score (nSPS) is 10.0. The van der Waals surface area contributed by atoms with E-state index in [1.807, 2.05) is 0 Å². The number of rotatable bonds is 3. The molecule has 1 aromatic heterocycles. The molecule has 2 N–H and O–H groups in total. The van der Waals surface area contributed by atoms with Gasteiger partial charge in [-0.15, -0.1) is 0 Å². The van der Waals surface area contributed by atoms with Crippen LogP contribution in [0.3, 0.4) is 0 Å². The number of hydrogen-bond donors (Lipinski definition) is 1. The van der Waals surface area contributed by atoms with E-state index in [0.29, 0.717) is 0 Å². The van der Waals surface area contributed by atoms with E-state index in [1.165, 1.54) is 10.7 Å². The average molecular weight is 187 g/mol. The average Bonchev–Trinajstić information content (AvgIpc) is 2.41. The highest BCUT2D eigenvalue weighted by molar-refractivity contribution is 5.88. The predicted octanol–water partition coefficient (Wildman–Crippen LogP) is 0.129. The van der Waals surface area contributed by atoms with Gasteiger partial charge >= 0.3 is 5.97 Å². The van der Waals surface area contributed by atoms with Crippen molar-refractivity contribution in [1.29, 1.82) is 0 Å². The summed E-state index contributed by atoms with van der Waals surface area (Å²) in [6.07, 6.45) is 0. The van der Waals surface area contributed by atoms with Gasteiger partial charge in [-0.1, -0.05) is 0 Å². The third kappa shape index (κ3) is 2.17. The number of alkyl halides is 1. The Balaban J connectivity index is 2.70. The van der Waals surface area contributed by atoms with Crippen LogP contribution in [0.1, 0.15) is 10.5 Å². The Morgan fingerprint density at radius 1 is 1.85 bits per heavy atom. The lowest BCUT2D eigenvalue weighted by Gasteiger charge is -2.00. The SMILES string of the molecule is Cn1nc(N)cc1C(=O)OCCF. The molecule has 0 radical (unpaired) electrons. The largest absolute Gasteiger partial charge is 0.458 e. The summed E-state index contributed by atoms with van der Waals surface area (Å²) in [5, 5.41) is 3.74. The molecule has 0 aliphatic rings. The van der Waals surface area contributed by atoms with Gasteiger partial charge < -0.3 is 10.5 Å². The quantitative estimate of drug-likeness (QED) is 0.683. The minimum Gasteiger partial charge on any atom is -0.458 e. The third-order valence-electron chi connectivity index (χ3n) is 1.42. The van der Waals surface area contributed by atoms with Gasteiger partial charge in [0.25, 0.3) is 0 Å². The van der Waals surface area contributed by atoms with E-state index in [2.05, 4.69) is 9.84 Å². The van der Waals surface area contributed by atoms with E-state index in [1.54, 1.807) is 7.05 Å². The molecule has 0 bridgehead atoms. The Hall–Kier alpha value is -1.59. The van der Waals surface area contributed by atoms with E-state index in [9.17, 15) is 9.18 Å². The van der Waals surface area contributed by atoms with Crippen LogP contribution in [0.5, 0.6) is 0 Å². The number of aromatic nitrogens is 2. The van der Waals surface area contributed by atoms with Gasteiger partial charge in [0.15, 0.2) is 0 Å². The molecule has 13 heavy (non-hydrogen) atoms. The van der Waals surface area contributed by atoms with Gasteiger partial charge in [0, 0.05) is 13.1 Å². The molecule has 0 saturated heterocycles. The Labute approximate surface area is 74.3 Å². The Morgan fingerprint density at radius 3 is 3.00 bits per heavy atom. The van der Waals surface area contributed by atoms with Gasteiger partial charge in [-0.3, -0.25) is 4.68 Å². The molecule has 0 unspecified atom stereocenters. The van der Waals surface area contributed by atoms with Crippen LogP contribution in [-0.2, 0) is 11.8 Å². The monoisotopic (exact) mass is 187 g/mol. The van der Waals surface area contributed by atoms with Crippen LogP contribution in [0, 0.1) is 0 Å². The molecule has 0 amide bonds. The number of aryl methyl sites for hydroxylation is 1. The number of nitrogen functional groups attached to an aromatic ring is 1. The zero-order valence-corrected chi connectivity index (χ0v) is 7.16. The molecule has 0 aliphatic heterocycles. The van der Waals surface area contributed by atoms with Crippen molar-refractivity contribution in [2.75, 3.05) is 19.0 Å². The summed E-state index contributed by atoms with van der Waals surface area (Å²) in [6, 6.07) is 1.38. The van der Waals surface area contributed by atoms with Crippen LogP contribution in [0.4, 0.5) is 10.2 Å². The van der Waals surface area contributed by atoms with Gasteiger partial charge in [0.05, 0.1) is 0 Å². The summed E-state index contributed by atoms with van der Waals surface area (Å²) in [5.41, 5.74) is 5.55. The fourth-order valence-corrected chi connectivity index (χ4v) is 0.886. The van der Waals surface area contributed by atoms with Crippen LogP contribution in [0.15, 0.2) is 6.07 Å². The smallest absolute Gasteiger partial charge is 0.356 e. The zero-order chi connectivity index (χ0) is 9.84. The second-order valence-corrected chi connectivity index (χ2v) is 2.40. The van der Waals surface area contributed by atoms with Crippen molar-refractivity contribution in [1.82, 2.24) is 9.78 Å². The number of anilines is 1. The highest BCUT2D eigenvalue weighted by atomic mass is 19.1. The van der Waals surface area contributed by atoms with Crippen LogP contribution in [0.2, 0.25) is 0 Å². The minimum atomic E-state index is -0.695. The maximum absolute atomic E-state index is 11.7. The Kier molecular flexibility index (Phi) is 2.84. The van der Waals surface area contributed by atoms with Crippen molar-refractivity contribution in [2.24, 2.45) is 7.05 Å². The topological polar surface area (TPSA) is 70.1 Å². The lowest BCUT2D eigenvalue weighted by Crippen LogP contribution is -2.12. The van der Waals surface area contributed by atoms with Crippen molar-refractivity contribution in [3.63, 3.8) is 0 Å². The van der Waals surface area contributed by atoms with Gasteiger partial charge in [-0.2, -0.15) is 5.10 Å². The molecule has 1 heterocycles. The van der Waals surface area contributed by atoms with Gasteiger partial charge in [0.2, 0.25) is 0 Å². The highest BCUT2D eigenvalue weighted by Crippen LogP contribution is 2.05. The number of carbonyl (C=O) groups is 1. The van der Waals surface area contributed by atoms with Crippen molar-refractivity contribution in [2.45, 2.75) is 0 Å². The molecule has 0 spiro atoms. The molecule has 0 aliphatic carbocycles. The number of nitrogens with two attached hydrogens (primary N) is 1. The summed E-state index contributed by atoms with van der Waals surface area (Å²) >= 11 is 0. The first kappa shape index (κ1) is 9.50. The molecular formula is C7H10FN3O2. The number of ether oxygens (including phenoxy) is 1. The number of hydrogen-bond acceptors (Lipinski definition) is 4. The fourth-order valence-electron chi connectivity index (χ4n) is 0.886. The second kappa shape index (κ2) is 3.88. The van der Waals surface area contributed by atoms with Crippen LogP contribution in [-0.4, -0.2) is 29.0 Å². The molecule has 1 aromatic rings. The molecule has 0 atom stereocenters. The summed E-state index contributed by atoms with van der Waals surface area (Å²) in [7, 11) is 1.56. The number of halogens is 1. The van der Waals surface area contributed by atoms with Crippen LogP contribution < -0.4 is 5.73 Å².